The molecule has 3 N–H and O–H groups in total. The fraction of sp³-hybridized carbons (Fsp3) is 0.261. The summed E-state index contributed by atoms with van der Waals surface area (Å²) in [4.78, 5) is 4.29. The van der Waals surface area contributed by atoms with Crippen molar-refractivity contribution in [3.63, 3.8) is 0 Å². The summed E-state index contributed by atoms with van der Waals surface area (Å²) in [7, 11) is 1.61. The summed E-state index contributed by atoms with van der Waals surface area (Å²) in [5, 5.41) is 3.21. The number of anilines is 2. The molecule has 5 nitrogen and oxygen atoms in total. The molecule has 1 aromatic heterocycles. The van der Waals surface area contributed by atoms with Crippen molar-refractivity contribution >= 4 is 23.3 Å². The average molecular weight is 430 g/mol. The van der Waals surface area contributed by atoms with Gasteiger partial charge in [0.1, 0.15) is 11.6 Å². The number of pyridine rings is 1. The van der Waals surface area contributed by atoms with E-state index in [0.29, 0.717) is 47.3 Å². The fourth-order valence-corrected chi connectivity index (χ4v) is 2.81. The van der Waals surface area contributed by atoms with Crippen molar-refractivity contribution in [1.82, 2.24) is 4.98 Å². The molecule has 160 valence electrons. The third-order valence-electron chi connectivity index (χ3n) is 4.14. The van der Waals surface area contributed by atoms with Crippen molar-refractivity contribution in [2.75, 3.05) is 37.3 Å². The largest absolute Gasteiger partial charge is 0.493 e. The Hall–Kier alpha value is -2.93. The van der Waals surface area contributed by atoms with E-state index in [9.17, 15) is 4.39 Å². The van der Waals surface area contributed by atoms with Gasteiger partial charge >= 0.3 is 0 Å². The lowest BCUT2D eigenvalue weighted by Gasteiger charge is -2.14. The molecule has 3 rings (SSSR count). The quantitative estimate of drug-likeness (QED) is 0.519. The Morgan fingerprint density at radius 2 is 1.80 bits per heavy atom. The van der Waals surface area contributed by atoms with Crippen LogP contribution in [0.4, 0.5) is 15.9 Å². The van der Waals surface area contributed by atoms with Gasteiger partial charge in [-0.1, -0.05) is 24.3 Å². The number of halogens is 1. The predicted octanol–water partition coefficient (Wildman–Crippen LogP) is 5.47. The van der Waals surface area contributed by atoms with Gasteiger partial charge in [0.2, 0.25) is 0 Å². The molecule has 0 saturated heterocycles. The lowest BCUT2D eigenvalue weighted by Crippen LogP contribution is -2.06. The van der Waals surface area contributed by atoms with Crippen molar-refractivity contribution in [2.24, 2.45) is 0 Å². The molecule has 3 aromatic rings. The number of rotatable bonds is 7. The Labute approximate surface area is 181 Å². The summed E-state index contributed by atoms with van der Waals surface area (Å²) in [6, 6.07) is 13.9. The van der Waals surface area contributed by atoms with Crippen molar-refractivity contribution in [2.45, 2.75) is 13.5 Å². The van der Waals surface area contributed by atoms with Crippen LogP contribution in [0.1, 0.15) is 12.5 Å². The highest BCUT2D eigenvalue weighted by Gasteiger charge is 2.12. The molecule has 0 radical (unpaired) electrons. The first kappa shape index (κ1) is 23.3. The first-order chi connectivity index (χ1) is 14.5. The lowest BCUT2D eigenvalue weighted by atomic mass is 10.0. The van der Waals surface area contributed by atoms with Crippen molar-refractivity contribution in [1.29, 1.82) is 0 Å². The zero-order valence-electron chi connectivity index (χ0n) is 17.7. The second-order valence-corrected chi connectivity index (χ2v) is 7.10. The number of nitrogens with two attached hydrogens (primary N) is 1. The fourth-order valence-electron chi connectivity index (χ4n) is 2.81. The summed E-state index contributed by atoms with van der Waals surface area (Å²) in [5.41, 5.74) is 8.68. The van der Waals surface area contributed by atoms with E-state index in [-0.39, 0.29) is 5.82 Å². The maximum atomic E-state index is 14.1. The molecular weight excluding hydrogens is 401 g/mol. The predicted molar refractivity (Wildman–Crippen MR) is 125 cm³/mol. The van der Waals surface area contributed by atoms with E-state index in [0.717, 1.165) is 5.56 Å². The Bertz CT molecular complexity index is 953. The number of hydrogen-bond donors (Lipinski definition) is 2. The van der Waals surface area contributed by atoms with E-state index < -0.39 is 0 Å². The molecule has 0 spiro atoms. The molecule has 0 saturated carbocycles. The van der Waals surface area contributed by atoms with E-state index in [1.54, 1.807) is 49.3 Å². The van der Waals surface area contributed by atoms with Gasteiger partial charge in [-0.25, -0.2) is 9.37 Å². The number of methoxy groups -OCH3 is 1. The Morgan fingerprint density at radius 1 is 1.07 bits per heavy atom. The molecule has 0 aliphatic carbocycles. The molecule has 0 aliphatic heterocycles. The number of thioether (sulfide) groups is 1. The van der Waals surface area contributed by atoms with Crippen LogP contribution in [0.25, 0.3) is 11.1 Å². The van der Waals surface area contributed by atoms with Gasteiger partial charge in [-0.3, -0.25) is 0 Å². The summed E-state index contributed by atoms with van der Waals surface area (Å²) in [6.45, 7) is 2.96. The first-order valence-corrected chi connectivity index (χ1v) is 11.1. The second kappa shape index (κ2) is 11.9. The van der Waals surface area contributed by atoms with E-state index in [1.165, 1.54) is 6.07 Å². The van der Waals surface area contributed by atoms with Gasteiger partial charge in [0, 0.05) is 23.9 Å². The summed E-state index contributed by atoms with van der Waals surface area (Å²) in [6.07, 6.45) is 5.69. The number of benzene rings is 2. The molecule has 30 heavy (non-hydrogen) atoms. The van der Waals surface area contributed by atoms with Crippen LogP contribution < -0.4 is 20.5 Å². The Morgan fingerprint density at radius 3 is 2.47 bits per heavy atom. The highest BCUT2D eigenvalue weighted by molar-refractivity contribution is 7.97. The summed E-state index contributed by atoms with van der Waals surface area (Å²) in [5.74, 6) is 1.54. The second-order valence-electron chi connectivity index (χ2n) is 6.28. The third-order valence-corrected chi connectivity index (χ3v) is 4.14. The van der Waals surface area contributed by atoms with Gasteiger partial charge in [-0.15, -0.1) is 0 Å². The SMILES string of the molecule is CCOc1cc(CNc2nccc(-c3ccccc3F)c2N)ccc1OC.CSC. The van der Waals surface area contributed by atoms with Crippen LogP contribution >= 0.6 is 11.8 Å². The van der Waals surface area contributed by atoms with Crippen LogP contribution in [-0.2, 0) is 6.54 Å². The standard InChI is InChI=1S/C21H22FN3O2.C2H6S/c1-3-27-19-12-14(8-9-18(19)26-2)13-25-21-20(23)16(10-11-24-21)15-6-4-5-7-17(15)22;1-3-2/h4-12H,3,13,23H2,1-2H3,(H,24,25);1-2H3. The van der Waals surface area contributed by atoms with Crippen molar-refractivity contribution in [3.8, 4) is 22.6 Å². The normalized spacial score (nSPS) is 10.0. The number of ether oxygens (including phenoxy) is 2. The third kappa shape index (κ3) is 6.03. The number of nitrogen functional groups attached to an aromatic ring is 1. The van der Waals surface area contributed by atoms with Crippen LogP contribution in [0.5, 0.6) is 11.5 Å². The van der Waals surface area contributed by atoms with Crippen LogP contribution in [-0.4, -0.2) is 31.2 Å². The van der Waals surface area contributed by atoms with Gasteiger partial charge in [0.15, 0.2) is 11.5 Å². The molecule has 0 atom stereocenters. The van der Waals surface area contributed by atoms with Crippen molar-refractivity contribution in [3.05, 3.63) is 66.1 Å². The molecule has 7 heteroatoms. The number of nitrogens with zero attached hydrogens (tertiary/aromatic N) is 1. The Balaban J connectivity index is 0.00000101. The maximum absolute atomic E-state index is 14.1. The minimum atomic E-state index is -0.321. The molecule has 0 fully saturated rings. The van der Waals surface area contributed by atoms with Crippen molar-refractivity contribution < 1.29 is 13.9 Å². The van der Waals surface area contributed by atoms with Crippen LogP contribution in [0.2, 0.25) is 0 Å². The smallest absolute Gasteiger partial charge is 0.161 e. The highest BCUT2D eigenvalue weighted by Crippen LogP contribution is 2.32. The van der Waals surface area contributed by atoms with Gasteiger partial charge in [-0.2, -0.15) is 11.8 Å². The maximum Gasteiger partial charge on any atom is 0.161 e. The molecule has 1 heterocycles. The number of nitrogens with one attached hydrogen (secondary N) is 1. The Kier molecular flexibility index (Phi) is 9.28. The van der Waals surface area contributed by atoms with Gasteiger partial charge in [0.05, 0.1) is 19.4 Å². The number of aromatic nitrogens is 1. The molecule has 0 unspecified atom stereocenters. The number of hydrogen-bond acceptors (Lipinski definition) is 6. The van der Waals surface area contributed by atoms with Gasteiger partial charge < -0.3 is 20.5 Å². The van der Waals surface area contributed by atoms with Crippen LogP contribution in [0.15, 0.2) is 54.7 Å². The molecule has 2 aromatic carbocycles. The molecule has 0 amide bonds. The minimum absolute atomic E-state index is 0.321. The van der Waals surface area contributed by atoms with Crippen LogP contribution in [0.3, 0.4) is 0 Å². The monoisotopic (exact) mass is 429 g/mol. The topological polar surface area (TPSA) is 69.4 Å². The zero-order valence-corrected chi connectivity index (χ0v) is 18.6. The summed E-state index contributed by atoms with van der Waals surface area (Å²) >= 11 is 1.75. The average Bonchev–Trinajstić information content (AvgIpc) is 2.75. The molecule has 0 aliphatic rings. The van der Waals surface area contributed by atoms with E-state index >= 15 is 0 Å². The van der Waals surface area contributed by atoms with Gasteiger partial charge in [-0.05, 0) is 49.3 Å². The van der Waals surface area contributed by atoms with E-state index in [2.05, 4.69) is 10.3 Å². The zero-order chi connectivity index (χ0) is 21.9. The van der Waals surface area contributed by atoms with E-state index in [1.807, 2.05) is 37.6 Å². The van der Waals surface area contributed by atoms with Crippen LogP contribution in [0, 0.1) is 5.82 Å². The minimum Gasteiger partial charge on any atom is -0.493 e. The van der Waals surface area contributed by atoms with Gasteiger partial charge in [0.25, 0.3) is 0 Å². The first-order valence-electron chi connectivity index (χ1n) is 9.48. The summed E-state index contributed by atoms with van der Waals surface area (Å²) < 4.78 is 25.0. The molecular formula is C23H28FN3O2S. The van der Waals surface area contributed by atoms with E-state index in [4.69, 9.17) is 15.2 Å². The molecule has 0 bridgehead atoms. The highest BCUT2D eigenvalue weighted by atomic mass is 32.2. The lowest BCUT2D eigenvalue weighted by molar-refractivity contribution is 0.310.